The predicted octanol–water partition coefficient (Wildman–Crippen LogP) is 1.95. The van der Waals surface area contributed by atoms with Gasteiger partial charge in [-0.2, -0.15) is 13.2 Å². The number of halogens is 5. The molecule has 16 heavy (non-hydrogen) atoms. The number of rotatable bonds is 1. The van der Waals surface area contributed by atoms with Gasteiger partial charge in [0.2, 0.25) is 0 Å². The third-order valence-electron chi connectivity index (χ3n) is 2.11. The van der Waals surface area contributed by atoms with Crippen LogP contribution in [0.4, 0.5) is 27.8 Å². The molecule has 2 heterocycles. The first-order valence-electron chi connectivity index (χ1n) is 4.30. The fraction of sp³-hybridized carbons (Fsp3) is 0.500. The van der Waals surface area contributed by atoms with Crippen LogP contribution < -0.4 is 4.90 Å². The molecule has 8 heteroatoms. The summed E-state index contributed by atoms with van der Waals surface area (Å²) in [6.45, 7) is -1.22. The Balaban J connectivity index is 2.18. The number of hydrogen-bond donors (Lipinski definition) is 0. The van der Waals surface area contributed by atoms with Gasteiger partial charge in [0.05, 0.1) is 13.1 Å². The Morgan fingerprint density at radius 2 is 1.81 bits per heavy atom. The summed E-state index contributed by atoms with van der Waals surface area (Å²) < 4.78 is 61.7. The zero-order chi connectivity index (χ0) is 12.0. The minimum Gasteiger partial charge on any atom is -0.344 e. The van der Waals surface area contributed by atoms with Crippen LogP contribution in [-0.4, -0.2) is 29.0 Å². The van der Waals surface area contributed by atoms with Crippen molar-refractivity contribution in [3.05, 3.63) is 18.1 Å². The molecule has 1 saturated heterocycles. The molecule has 1 aliphatic heterocycles. The Kier molecular flexibility index (Phi) is 2.25. The summed E-state index contributed by atoms with van der Waals surface area (Å²) in [5, 5.41) is 0. The third kappa shape index (κ3) is 2.05. The van der Waals surface area contributed by atoms with Crippen molar-refractivity contribution in [3.8, 4) is 0 Å². The Morgan fingerprint density at radius 1 is 1.19 bits per heavy atom. The highest BCUT2D eigenvalue weighted by atomic mass is 19.4. The highest BCUT2D eigenvalue weighted by molar-refractivity contribution is 5.43. The van der Waals surface area contributed by atoms with Crippen LogP contribution in [0.5, 0.6) is 0 Å². The van der Waals surface area contributed by atoms with E-state index in [1.807, 2.05) is 0 Å². The molecule has 1 aromatic rings. The van der Waals surface area contributed by atoms with Crippen LogP contribution in [0.2, 0.25) is 0 Å². The number of hydrogen-bond acceptors (Lipinski definition) is 3. The van der Waals surface area contributed by atoms with E-state index in [1.54, 1.807) is 0 Å². The molecule has 1 fully saturated rings. The molecule has 0 N–H and O–H groups in total. The molecule has 1 aromatic heterocycles. The molecule has 0 spiro atoms. The average Bonchev–Trinajstić information content (AvgIpc) is 2.13. The van der Waals surface area contributed by atoms with Gasteiger partial charge in [-0.3, -0.25) is 0 Å². The molecule has 0 bridgehead atoms. The molecule has 0 atom stereocenters. The summed E-state index contributed by atoms with van der Waals surface area (Å²) in [7, 11) is 0. The summed E-state index contributed by atoms with van der Waals surface area (Å²) in [5.74, 6) is -2.98. The van der Waals surface area contributed by atoms with Crippen LogP contribution in [0.3, 0.4) is 0 Å². The minimum absolute atomic E-state index is 0.131. The van der Waals surface area contributed by atoms with E-state index in [1.165, 1.54) is 0 Å². The van der Waals surface area contributed by atoms with E-state index >= 15 is 0 Å². The first-order chi connectivity index (χ1) is 7.28. The molecule has 0 aliphatic carbocycles. The van der Waals surface area contributed by atoms with E-state index < -0.39 is 30.9 Å². The fourth-order valence-corrected chi connectivity index (χ4v) is 1.35. The van der Waals surface area contributed by atoms with Gasteiger partial charge >= 0.3 is 6.18 Å². The van der Waals surface area contributed by atoms with Crippen molar-refractivity contribution in [2.24, 2.45) is 0 Å². The van der Waals surface area contributed by atoms with E-state index in [2.05, 4.69) is 9.97 Å². The lowest BCUT2D eigenvalue weighted by atomic mass is 10.1. The van der Waals surface area contributed by atoms with Crippen LogP contribution in [0, 0.1) is 0 Å². The topological polar surface area (TPSA) is 29.0 Å². The first-order valence-corrected chi connectivity index (χ1v) is 4.30. The van der Waals surface area contributed by atoms with Crippen molar-refractivity contribution >= 4 is 5.82 Å². The van der Waals surface area contributed by atoms with Crippen molar-refractivity contribution in [3.63, 3.8) is 0 Å². The maximum Gasteiger partial charge on any atom is 0.433 e. The van der Waals surface area contributed by atoms with E-state index in [9.17, 15) is 22.0 Å². The van der Waals surface area contributed by atoms with Crippen LogP contribution in [-0.2, 0) is 6.18 Å². The normalized spacial score (nSPS) is 19.4. The summed E-state index contributed by atoms with van der Waals surface area (Å²) >= 11 is 0. The SMILES string of the molecule is FC1(F)CN(c2cc(C(F)(F)F)ncn2)C1. The van der Waals surface area contributed by atoms with Crippen LogP contribution in [0.15, 0.2) is 12.4 Å². The van der Waals surface area contributed by atoms with Crippen molar-refractivity contribution in [2.45, 2.75) is 12.1 Å². The van der Waals surface area contributed by atoms with Gasteiger partial charge in [-0.25, -0.2) is 18.7 Å². The Bertz CT molecular complexity index is 395. The fourth-order valence-electron chi connectivity index (χ4n) is 1.35. The van der Waals surface area contributed by atoms with E-state index in [-0.39, 0.29) is 5.82 Å². The van der Waals surface area contributed by atoms with E-state index in [0.717, 1.165) is 4.90 Å². The lowest BCUT2D eigenvalue weighted by Gasteiger charge is -2.39. The average molecular weight is 239 g/mol. The quantitative estimate of drug-likeness (QED) is 0.701. The number of anilines is 1. The second-order valence-corrected chi connectivity index (χ2v) is 3.47. The van der Waals surface area contributed by atoms with Gasteiger partial charge in [0.25, 0.3) is 5.92 Å². The molecule has 3 nitrogen and oxygen atoms in total. The lowest BCUT2D eigenvalue weighted by Crippen LogP contribution is -2.56. The highest BCUT2D eigenvalue weighted by Gasteiger charge is 2.45. The molecule has 0 amide bonds. The van der Waals surface area contributed by atoms with Crippen LogP contribution in [0.1, 0.15) is 5.69 Å². The number of aromatic nitrogens is 2. The van der Waals surface area contributed by atoms with Gasteiger partial charge in [0.15, 0.2) is 0 Å². The molecule has 88 valence electrons. The molecule has 0 radical (unpaired) electrons. The van der Waals surface area contributed by atoms with Gasteiger partial charge in [0, 0.05) is 6.07 Å². The monoisotopic (exact) mass is 239 g/mol. The molecule has 0 aromatic carbocycles. The summed E-state index contributed by atoms with van der Waals surface area (Å²) in [5.41, 5.74) is -1.13. The number of alkyl halides is 5. The van der Waals surface area contributed by atoms with Crippen molar-refractivity contribution in [2.75, 3.05) is 18.0 Å². The second kappa shape index (κ2) is 3.26. The highest BCUT2D eigenvalue weighted by Crippen LogP contribution is 2.33. The van der Waals surface area contributed by atoms with Gasteiger partial charge in [-0.05, 0) is 0 Å². The minimum atomic E-state index is -4.59. The predicted molar refractivity (Wildman–Crippen MR) is 44.2 cm³/mol. The zero-order valence-corrected chi connectivity index (χ0v) is 7.80. The second-order valence-electron chi connectivity index (χ2n) is 3.47. The van der Waals surface area contributed by atoms with E-state index in [0.29, 0.717) is 12.4 Å². The van der Waals surface area contributed by atoms with Crippen LogP contribution in [0.25, 0.3) is 0 Å². The van der Waals surface area contributed by atoms with Crippen molar-refractivity contribution in [1.82, 2.24) is 9.97 Å². The van der Waals surface area contributed by atoms with Crippen molar-refractivity contribution < 1.29 is 22.0 Å². The summed E-state index contributed by atoms with van der Waals surface area (Å²) in [6, 6.07) is 0.662. The van der Waals surface area contributed by atoms with Gasteiger partial charge in [-0.15, -0.1) is 0 Å². The number of nitrogens with zero attached hydrogens (tertiary/aromatic N) is 3. The Labute approximate surface area is 86.9 Å². The summed E-state index contributed by atoms with van der Waals surface area (Å²) in [4.78, 5) is 7.63. The third-order valence-corrected chi connectivity index (χ3v) is 2.11. The van der Waals surface area contributed by atoms with Crippen molar-refractivity contribution in [1.29, 1.82) is 0 Å². The molecular weight excluding hydrogens is 233 g/mol. The van der Waals surface area contributed by atoms with E-state index in [4.69, 9.17) is 0 Å². The summed E-state index contributed by atoms with van der Waals surface area (Å²) in [6.07, 6.45) is -3.88. The lowest BCUT2D eigenvalue weighted by molar-refractivity contribution is -0.141. The van der Waals surface area contributed by atoms with Gasteiger partial charge in [0.1, 0.15) is 17.8 Å². The zero-order valence-electron chi connectivity index (χ0n) is 7.80. The largest absolute Gasteiger partial charge is 0.433 e. The Hall–Kier alpha value is -1.47. The van der Waals surface area contributed by atoms with Gasteiger partial charge in [-0.1, -0.05) is 0 Å². The smallest absolute Gasteiger partial charge is 0.344 e. The molecule has 1 aliphatic rings. The Morgan fingerprint density at radius 3 is 2.31 bits per heavy atom. The van der Waals surface area contributed by atoms with Crippen LogP contribution >= 0.6 is 0 Å². The maximum absolute atomic E-state index is 12.5. The maximum atomic E-state index is 12.5. The molecule has 0 unspecified atom stereocenters. The van der Waals surface area contributed by atoms with Gasteiger partial charge < -0.3 is 4.90 Å². The molecule has 0 saturated carbocycles. The standard InChI is InChI=1S/C8H6F5N3/c9-7(10)2-16(3-7)6-1-5(8(11,12)13)14-4-15-6/h1,4H,2-3H2. The first kappa shape index (κ1) is 11.0. The molecular formula is C8H6F5N3. The molecule has 2 rings (SSSR count).